The van der Waals surface area contributed by atoms with Crippen LogP contribution < -0.4 is 9.47 Å². The number of rotatable bonds is 4. The van der Waals surface area contributed by atoms with E-state index in [9.17, 15) is 0 Å². The zero-order valence-electron chi connectivity index (χ0n) is 9.81. The number of halogens is 1. The standard InChI is InChI=1S/C12H15ClO4/c1-14-10-5-3-4-9(11(10)15-2)12-16-7-8(6-13)17-12/h3-5,8,12H,6-7H2,1-2H3. The van der Waals surface area contributed by atoms with Crippen molar-refractivity contribution in [2.24, 2.45) is 0 Å². The lowest BCUT2D eigenvalue weighted by Crippen LogP contribution is -2.11. The van der Waals surface area contributed by atoms with Gasteiger partial charge in [0.05, 0.1) is 38.4 Å². The van der Waals surface area contributed by atoms with Crippen LogP contribution in [0, 0.1) is 0 Å². The molecule has 1 aromatic carbocycles. The molecule has 2 rings (SSSR count). The normalized spacial score (nSPS) is 23.7. The molecule has 0 aliphatic carbocycles. The third kappa shape index (κ3) is 2.49. The summed E-state index contributed by atoms with van der Waals surface area (Å²) in [5.41, 5.74) is 0.819. The predicted octanol–water partition coefficient (Wildman–Crippen LogP) is 2.36. The van der Waals surface area contributed by atoms with E-state index in [0.29, 0.717) is 24.0 Å². The maximum absolute atomic E-state index is 5.73. The van der Waals surface area contributed by atoms with Gasteiger partial charge in [0, 0.05) is 0 Å². The first-order valence-corrected chi connectivity index (χ1v) is 5.87. The van der Waals surface area contributed by atoms with E-state index in [0.717, 1.165) is 5.56 Å². The molecule has 2 atom stereocenters. The van der Waals surface area contributed by atoms with Gasteiger partial charge in [-0.1, -0.05) is 6.07 Å². The molecule has 1 aromatic rings. The molecule has 5 heteroatoms. The second kappa shape index (κ2) is 5.58. The number of alkyl halides is 1. The molecule has 0 spiro atoms. The lowest BCUT2D eigenvalue weighted by atomic mass is 10.2. The molecule has 1 fully saturated rings. The predicted molar refractivity (Wildman–Crippen MR) is 63.8 cm³/mol. The first-order valence-electron chi connectivity index (χ1n) is 5.34. The molecule has 1 aliphatic heterocycles. The van der Waals surface area contributed by atoms with Gasteiger partial charge in [-0.2, -0.15) is 0 Å². The summed E-state index contributed by atoms with van der Waals surface area (Å²) in [6.45, 7) is 0.495. The van der Waals surface area contributed by atoms with Gasteiger partial charge in [-0.3, -0.25) is 0 Å². The lowest BCUT2D eigenvalue weighted by molar-refractivity contribution is -0.0581. The van der Waals surface area contributed by atoms with Gasteiger partial charge in [0.25, 0.3) is 0 Å². The van der Waals surface area contributed by atoms with Crippen molar-refractivity contribution in [2.75, 3.05) is 26.7 Å². The van der Waals surface area contributed by atoms with Gasteiger partial charge >= 0.3 is 0 Å². The Balaban J connectivity index is 2.26. The summed E-state index contributed by atoms with van der Waals surface area (Å²) in [5.74, 6) is 1.71. The Bertz CT molecular complexity index is 383. The van der Waals surface area contributed by atoms with Crippen molar-refractivity contribution >= 4 is 11.6 Å². The molecule has 0 radical (unpaired) electrons. The maximum atomic E-state index is 5.73. The number of methoxy groups -OCH3 is 2. The Morgan fingerprint density at radius 1 is 1.35 bits per heavy atom. The van der Waals surface area contributed by atoms with Gasteiger partial charge in [0.15, 0.2) is 17.8 Å². The first-order chi connectivity index (χ1) is 8.30. The Morgan fingerprint density at radius 2 is 2.18 bits per heavy atom. The van der Waals surface area contributed by atoms with E-state index >= 15 is 0 Å². The van der Waals surface area contributed by atoms with E-state index in [-0.39, 0.29) is 6.10 Å². The summed E-state index contributed by atoms with van der Waals surface area (Å²) in [4.78, 5) is 0. The van der Waals surface area contributed by atoms with Crippen LogP contribution in [0.25, 0.3) is 0 Å². The molecule has 0 N–H and O–H groups in total. The van der Waals surface area contributed by atoms with Gasteiger partial charge in [-0.05, 0) is 12.1 Å². The zero-order chi connectivity index (χ0) is 12.3. The summed E-state index contributed by atoms with van der Waals surface area (Å²) in [7, 11) is 3.19. The SMILES string of the molecule is COc1cccc(C2OCC(CCl)O2)c1OC. The quantitative estimate of drug-likeness (QED) is 0.777. The molecule has 17 heavy (non-hydrogen) atoms. The third-order valence-corrected chi connectivity index (χ3v) is 2.95. The highest BCUT2D eigenvalue weighted by Gasteiger charge is 2.29. The second-order valence-corrected chi connectivity index (χ2v) is 3.97. The number of benzene rings is 1. The Labute approximate surface area is 105 Å². The molecule has 4 nitrogen and oxygen atoms in total. The summed E-state index contributed by atoms with van der Waals surface area (Å²) in [6.07, 6.45) is -0.513. The maximum Gasteiger partial charge on any atom is 0.188 e. The van der Waals surface area contributed by atoms with Crippen LogP contribution in [0.15, 0.2) is 18.2 Å². The van der Waals surface area contributed by atoms with Gasteiger partial charge in [0.1, 0.15) is 0 Å². The summed E-state index contributed by atoms with van der Waals surface area (Å²) < 4.78 is 21.7. The number of ether oxygens (including phenoxy) is 4. The van der Waals surface area contributed by atoms with E-state index in [1.807, 2.05) is 18.2 Å². The minimum atomic E-state index is -0.441. The fourth-order valence-electron chi connectivity index (χ4n) is 1.79. The van der Waals surface area contributed by atoms with Crippen LogP contribution in [-0.2, 0) is 9.47 Å². The van der Waals surface area contributed by atoms with Crippen LogP contribution in [0.5, 0.6) is 11.5 Å². The van der Waals surface area contributed by atoms with Crippen LogP contribution >= 0.6 is 11.6 Å². The van der Waals surface area contributed by atoms with E-state index in [4.69, 9.17) is 30.5 Å². The average molecular weight is 259 g/mol. The molecule has 1 saturated heterocycles. The monoisotopic (exact) mass is 258 g/mol. The molecular formula is C12H15ClO4. The van der Waals surface area contributed by atoms with Crippen molar-refractivity contribution in [1.29, 1.82) is 0 Å². The Kier molecular flexibility index (Phi) is 4.10. The van der Waals surface area contributed by atoms with Gasteiger partial charge in [0.2, 0.25) is 0 Å². The van der Waals surface area contributed by atoms with Crippen LogP contribution in [0.2, 0.25) is 0 Å². The molecule has 0 aromatic heterocycles. The average Bonchev–Trinajstić information content (AvgIpc) is 2.86. The van der Waals surface area contributed by atoms with E-state index in [1.54, 1.807) is 14.2 Å². The molecule has 0 amide bonds. The lowest BCUT2D eigenvalue weighted by Gasteiger charge is -2.16. The molecule has 94 valence electrons. The largest absolute Gasteiger partial charge is 0.493 e. The number of hydrogen-bond acceptors (Lipinski definition) is 4. The number of hydrogen-bond donors (Lipinski definition) is 0. The third-order valence-electron chi connectivity index (χ3n) is 2.61. The summed E-state index contributed by atoms with van der Waals surface area (Å²) >= 11 is 5.73. The first kappa shape index (κ1) is 12.5. The Morgan fingerprint density at radius 3 is 2.76 bits per heavy atom. The highest BCUT2D eigenvalue weighted by molar-refractivity contribution is 6.18. The summed E-state index contributed by atoms with van der Waals surface area (Å²) in [6, 6.07) is 5.59. The van der Waals surface area contributed by atoms with Crippen LogP contribution in [0.1, 0.15) is 11.9 Å². The number of para-hydroxylation sites is 1. The van der Waals surface area contributed by atoms with Gasteiger partial charge < -0.3 is 18.9 Å². The molecule has 2 unspecified atom stereocenters. The summed E-state index contributed by atoms with van der Waals surface area (Å²) in [5, 5.41) is 0. The highest BCUT2D eigenvalue weighted by atomic mass is 35.5. The second-order valence-electron chi connectivity index (χ2n) is 3.66. The smallest absolute Gasteiger partial charge is 0.188 e. The molecule has 0 saturated carbocycles. The van der Waals surface area contributed by atoms with Crippen LogP contribution in [-0.4, -0.2) is 32.8 Å². The van der Waals surface area contributed by atoms with E-state index in [1.165, 1.54) is 0 Å². The van der Waals surface area contributed by atoms with Crippen molar-refractivity contribution in [3.8, 4) is 11.5 Å². The fourth-order valence-corrected chi connectivity index (χ4v) is 1.95. The molecular weight excluding hydrogens is 244 g/mol. The van der Waals surface area contributed by atoms with Crippen LogP contribution in [0.3, 0.4) is 0 Å². The topological polar surface area (TPSA) is 36.9 Å². The van der Waals surface area contributed by atoms with E-state index < -0.39 is 6.29 Å². The van der Waals surface area contributed by atoms with E-state index in [2.05, 4.69) is 0 Å². The molecule has 1 heterocycles. The van der Waals surface area contributed by atoms with Crippen molar-refractivity contribution in [1.82, 2.24) is 0 Å². The minimum absolute atomic E-state index is 0.0717. The van der Waals surface area contributed by atoms with Crippen molar-refractivity contribution in [2.45, 2.75) is 12.4 Å². The highest BCUT2D eigenvalue weighted by Crippen LogP contribution is 2.38. The van der Waals surface area contributed by atoms with Crippen LogP contribution in [0.4, 0.5) is 0 Å². The van der Waals surface area contributed by atoms with Crippen molar-refractivity contribution in [3.05, 3.63) is 23.8 Å². The van der Waals surface area contributed by atoms with Gasteiger partial charge in [-0.25, -0.2) is 0 Å². The fraction of sp³-hybridized carbons (Fsp3) is 0.500. The molecule has 1 aliphatic rings. The zero-order valence-corrected chi connectivity index (χ0v) is 10.6. The Hall–Kier alpha value is -0.970. The van der Waals surface area contributed by atoms with Crippen molar-refractivity contribution < 1.29 is 18.9 Å². The minimum Gasteiger partial charge on any atom is -0.493 e. The van der Waals surface area contributed by atoms with Crippen molar-refractivity contribution in [3.63, 3.8) is 0 Å². The molecule has 0 bridgehead atoms. The van der Waals surface area contributed by atoms with Gasteiger partial charge in [-0.15, -0.1) is 11.6 Å².